The molecule has 0 saturated heterocycles. The standard InChI is InChI=1S/C21H21N3O2S/c1-24(2)20-14-15(12-13-22-20)21(25)23-16-4-8-18(9-5-16)27-19-10-6-17(26-3)7-11-19/h4-14H,1-3H3,(H,23,25). The van der Waals surface area contributed by atoms with Crippen LogP contribution in [0.1, 0.15) is 10.4 Å². The van der Waals surface area contributed by atoms with Crippen molar-refractivity contribution < 1.29 is 9.53 Å². The molecule has 1 heterocycles. The van der Waals surface area contributed by atoms with Crippen LogP contribution in [0.2, 0.25) is 0 Å². The number of aromatic nitrogens is 1. The molecule has 3 rings (SSSR count). The third-order valence-corrected chi connectivity index (χ3v) is 4.89. The van der Waals surface area contributed by atoms with E-state index in [1.54, 1.807) is 37.2 Å². The average Bonchev–Trinajstić information content (AvgIpc) is 2.70. The lowest BCUT2D eigenvalue weighted by atomic mass is 10.2. The lowest BCUT2D eigenvalue weighted by Crippen LogP contribution is -2.15. The van der Waals surface area contributed by atoms with E-state index in [4.69, 9.17) is 4.74 Å². The van der Waals surface area contributed by atoms with Crippen LogP contribution >= 0.6 is 11.8 Å². The minimum Gasteiger partial charge on any atom is -0.497 e. The molecule has 0 spiro atoms. The van der Waals surface area contributed by atoms with Gasteiger partial charge in [-0.2, -0.15) is 0 Å². The van der Waals surface area contributed by atoms with Crippen molar-refractivity contribution in [2.75, 3.05) is 31.4 Å². The normalized spacial score (nSPS) is 10.3. The number of rotatable bonds is 6. The zero-order valence-corrected chi connectivity index (χ0v) is 16.3. The van der Waals surface area contributed by atoms with Crippen molar-refractivity contribution in [1.29, 1.82) is 0 Å². The number of nitrogens with zero attached hydrogens (tertiary/aromatic N) is 2. The third kappa shape index (κ3) is 5.01. The summed E-state index contributed by atoms with van der Waals surface area (Å²) in [5.41, 5.74) is 1.33. The van der Waals surface area contributed by atoms with Crippen molar-refractivity contribution in [2.45, 2.75) is 9.79 Å². The van der Waals surface area contributed by atoms with E-state index >= 15 is 0 Å². The first-order chi connectivity index (χ1) is 13.0. The van der Waals surface area contributed by atoms with Gasteiger partial charge in [-0.05, 0) is 60.7 Å². The smallest absolute Gasteiger partial charge is 0.255 e. The highest BCUT2D eigenvalue weighted by molar-refractivity contribution is 7.99. The number of methoxy groups -OCH3 is 1. The molecule has 0 atom stereocenters. The summed E-state index contributed by atoms with van der Waals surface area (Å²) in [4.78, 5) is 20.8. The molecule has 0 aliphatic rings. The van der Waals surface area contributed by atoms with Gasteiger partial charge in [0.1, 0.15) is 11.6 Å². The van der Waals surface area contributed by atoms with E-state index in [1.165, 1.54) is 0 Å². The van der Waals surface area contributed by atoms with Crippen LogP contribution in [0.4, 0.5) is 11.5 Å². The molecule has 1 amide bonds. The van der Waals surface area contributed by atoms with E-state index in [0.29, 0.717) is 5.56 Å². The van der Waals surface area contributed by atoms with Crippen LogP contribution in [0, 0.1) is 0 Å². The van der Waals surface area contributed by atoms with Gasteiger partial charge in [-0.25, -0.2) is 4.98 Å². The predicted molar refractivity (Wildman–Crippen MR) is 110 cm³/mol. The molecule has 1 aromatic heterocycles. The fourth-order valence-corrected chi connectivity index (χ4v) is 3.21. The molecule has 1 N–H and O–H groups in total. The number of benzene rings is 2. The molecule has 0 fully saturated rings. The third-order valence-electron chi connectivity index (χ3n) is 3.87. The quantitative estimate of drug-likeness (QED) is 0.680. The van der Waals surface area contributed by atoms with Crippen molar-refractivity contribution >= 4 is 29.2 Å². The molecule has 27 heavy (non-hydrogen) atoms. The largest absolute Gasteiger partial charge is 0.497 e. The van der Waals surface area contributed by atoms with E-state index in [1.807, 2.05) is 67.5 Å². The van der Waals surface area contributed by atoms with Crippen molar-refractivity contribution in [3.63, 3.8) is 0 Å². The Balaban J connectivity index is 1.64. The monoisotopic (exact) mass is 379 g/mol. The van der Waals surface area contributed by atoms with Crippen LogP contribution in [-0.4, -0.2) is 32.1 Å². The Morgan fingerprint density at radius 3 is 2.22 bits per heavy atom. The molecule has 0 saturated carbocycles. The maximum atomic E-state index is 12.5. The molecule has 6 heteroatoms. The zero-order chi connectivity index (χ0) is 19.2. The van der Waals surface area contributed by atoms with Gasteiger partial charge in [0.25, 0.3) is 5.91 Å². The van der Waals surface area contributed by atoms with Crippen molar-refractivity contribution in [2.24, 2.45) is 0 Å². The van der Waals surface area contributed by atoms with E-state index < -0.39 is 0 Å². The lowest BCUT2D eigenvalue weighted by Gasteiger charge is -2.12. The Morgan fingerprint density at radius 1 is 1.00 bits per heavy atom. The number of amides is 1. The van der Waals surface area contributed by atoms with Crippen molar-refractivity contribution in [1.82, 2.24) is 4.98 Å². The second-order valence-electron chi connectivity index (χ2n) is 6.05. The molecule has 0 unspecified atom stereocenters. The van der Waals surface area contributed by atoms with Crippen LogP contribution in [0.5, 0.6) is 5.75 Å². The molecule has 5 nitrogen and oxygen atoms in total. The SMILES string of the molecule is COc1ccc(Sc2ccc(NC(=O)c3ccnc(N(C)C)c3)cc2)cc1. The van der Waals surface area contributed by atoms with Gasteiger partial charge < -0.3 is 15.0 Å². The molecule has 0 bridgehead atoms. The Morgan fingerprint density at radius 2 is 1.63 bits per heavy atom. The molecule has 138 valence electrons. The Hall–Kier alpha value is -2.99. The maximum Gasteiger partial charge on any atom is 0.255 e. The minimum atomic E-state index is -0.156. The number of nitrogens with one attached hydrogen (secondary N) is 1. The predicted octanol–water partition coefficient (Wildman–Crippen LogP) is 4.56. The summed E-state index contributed by atoms with van der Waals surface area (Å²) in [6, 6.07) is 19.2. The molecule has 0 aliphatic heterocycles. The first-order valence-electron chi connectivity index (χ1n) is 8.42. The van der Waals surface area contributed by atoms with E-state index in [-0.39, 0.29) is 5.91 Å². The van der Waals surface area contributed by atoms with Gasteiger partial charge in [-0.1, -0.05) is 11.8 Å². The molecule has 2 aromatic carbocycles. The van der Waals surface area contributed by atoms with Crippen LogP contribution in [-0.2, 0) is 0 Å². The molecular weight excluding hydrogens is 358 g/mol. The summed E-state index contributed by atoms with van der Waals surface area (Å²) in [6.45, 7) is 0. The summed E-state index contributed by atoms with van der Waals surface area (Å²) in [6.07, 6.45) is 1.64. The molecule has 3 aromatic rings. The number of hydrogen-bond acceptors (Lipinski definition) is 5. The molecule has 0 radical (unpaired) electrons. The van der Waals surface area contributed by atoms with Gasteiger partial charge in [-0.15, -0.1) is 0 Å². The summed E-state index contributed by atoms with van der Waals surface area (Å²) >= 11 is 1.65. The summed E-state index contributed by atoms with van der Waals surface area (Å²) in [7, 11) is 5.44. The highest BCUT2D eigenvalue weighted by Gasteiger charge is 2.08. The van der Waals surface area contributed by atoms with Crippen LogP contribution in [0.15, 0.2) is 76.7 Å². The first-order valence-corrected chi connectivity index (χ1v) is 9.23. The number of hydrogen-bond donors (Lipinski definition) is 1. The number of carbonyl (C=O) groups excluding carboxylic acids is 1. The number of anilines is 2. The lowest BCUT2D eigenvalue weighted by molar-refractivity contribution is 0.102. The number of pyridine rings is 1. The van der Waals surface area contributed by atoms with E-state index in [9.17, 15) is 4.79 Å². The van der Waals surface area contributed by atoms with Crippen LogP contribution in [0.25, 0.3) is 0 Å². The minimum absolute atomic E-state index is 0.156. The Labute approximate surface area is 163 Å². The number of carbonyl (C=O) groups is 1. The van der Waals surface area contributed by atoms with Crippen molar-refractivity contribution in [3.8, 4) is 5.75 Å². The van der Waals surface area contributed by atoms with Gasteiger partial charge in [0, 0.05) is 41.3 Å². The van der Waals surface area contributed by atoms with E-state index in [0.717, 1.165) is 27.0 Å². The Kier molecular flexibility index (Phi) is 5.98. The highest BCUT2D eigenvalue weighted by Crippen LogP contribution is 2.29. The Bertz CT molecular complexity index is 909. The van der Waals surface area contributed by atoms with Gasteiger partial charge >= 0.3 is 0 Å². The highest BCUT2D eigenvalue weighted by atomic mass is 32.2. The molecular formula is C21H21N3O2S. The first kappa shape index (κ1) is 18.8. The van der Waals surface area contributed by atoms with Crippen molar-refractivity contribution in [3.05, 3.63) is 72.4 Å². The fourth-order valence-electron chi connectivity index (χ4n) is 2.39. The van der Waals surface area contributed by atoms with Crippen LogP contribution < -0.4 is 15.0 Å². The van der Waals surface area contributed by atoms with Crippen LogP contribution in [0.3, 0.4) is 0 Å². The van der Waals surface area contributed by atoms with E-state index in [2.05, 4.69) is 10.3 Å². The average molecular weight is 379 g/mol. The number of ether oxygens (including phenoxy) is 1. The summed E-state index contributed by atoms with van der Waals surface area (Å²) < 4.78 is 5.17. The maximum absolute atomic E-state index is 12.5. The van der Waals surface area contributed by atoms with Gasteiger partial charge in [0.15, 0.2) is 0 Å². The topological polar surface area (TPSA) is 54.5 Å². The summed E-state index contributed by atoms with van der Waals surface area (Å²) in [5.74, 6) is 1.43. The van der Waals surface area contributed by atoms with Gasteiger partial charge in [0.05, 0.1) is 7.11 Å². The van der Waals surface area contributed by atoms with Gasteiger partial charge in [0.2, 0.25) is 0 Å². The zero-order valence-electron chi connectivity index (χ0n) is 15.5. The fraction of sp³-hybridized carbons (Fsp3) is 0.143. The second-order valence-corrected chi connectivity index (χ2v) is 7.20. The second kappa shape index (κ2) is 8.60. The molecule has 0 aliphatic carbocycles. The summed E-state index contributed by atoms with van der Waals surface area (Å²) in [5, 5.41) is 2.92. The van der Waals surface area contributed by atoms with Gasteiger partial charge in [-0.3, -0.25) is 4.79 Å².